The summed E-state index contributed by atoms with van der Waals surface area (Å²) in [5.74, 6) is -1.97. The molecule has 1 aliphatic heterocycles. The number of benzene rings is 1. The largest absolute Gasteiger partial charge is 0.440 e. The van der Waals surface area contributed by atoms with Crippen LogP contribution in [0, 0.1) is 11.6 Å². The van der Waals surface area contributed by atoms with Crippen molar-refractivity contribution in [3.8, 4) is 0 Å². The highest BCUT2D eigenvalue weighted by Gasteiger charge is 2.30. The zero-order valence-electron chi connectivity index (χ0n) is 13.8. The smallest absolute Gasteiger partial charge is 0.422 e. The maximum atomic E-state index is 13.8. The van der Waals surface area contributed by atoms with E-state index in [1.54, 1.807) is 0 Å². The van der Waals surface area contributed by atoms with Gasteiger partial charge in [0.25, 0.3) is 0 Å². The average Bonchev–Trinajstić information content (AvgIpc) is 3.00. The molecule has 2 amide bonds. The van der Waals surface area contributed by atoms with E-state index in [1.165, 1.54) is 6.07 Å². The number of hydrazine groups is 1. The lowest BCUT2D eigenvalue weighted by molar-refractivity contribution is -0.160. The van der Waals surface area contributed by atoms with Crippen molar-refractivity contribution in [3.05, 3.63) is 35.4 Å². The van der Waals surface area contributed by atoms with Gasteiger partial charge >= 0.3 is 12.3 Å². The average molecular weight is 396 g/mol. The fourth-order valence-electron chi connectivity index (χ4n) is 2.43. The third-order valence-electron chi connectivity index (χ3n) is 3.57. The summed E-state index contributed by atoms with van der Waals surface area (Å²) in [5, 5.41) is 4.52. The molecule has 150 valence electrons. The third-order valence-corrected chi connectivity index (χ3v) is 3.57. The Labute approximate surface area is 150 Å². The molecule has 2 unspecified atom stereocenters. The molecule has 1 aliphatic rings. The first-order valence-electron chi connectivity index (χ1n) is 7.87. The van der Waals surface area contributed by atoms with Gasteiger partial charge in [0.05, 0.1) is 12.2 Å². The monoisotopic (exact) mass is 396 g/mol. The Balaban J connectivity index is 1.71. The summed E-state index contributed by atoms with van der Waals surface area (Å²) in [6.45, 7) is -1.97. The van der Waals surface area contributed by atoms with Crippen molar-refractivity contribution in [1.82, 2.24) is 21.5 Å². The number of ether oxygens (including phenoxy) is 1. The molecule has 4 N–H and O–H groups in total. The molecule has 0 saturated carbocycles. The molecule has 1 aromatic carbocycles. The molecule has 12 heteroatoms. The Bertz CT molecular complexity index is 666. The van der Waals surface area contributed by atoms with Crippen molar-refractivity contribution in [2.24, 2.45) is 0 Å². The van der Waals surface area contributed by atoms with E-state index in [-0.39, 0.29) is 24.9 Å². The van der Waals surface area contributed by atoms with Gasteiger partial charge in [-0.05, 0) is 12.1 Å². The van der Waals surface area contributed by atoms with Crippen molar-refractivity contribution < 1.29 is 36.3 Å². The first-order valence-corrected chi connectivity index (χ1v) is 7.87. The molecule has 7 nitrogen and oxygen atoms in total. The molecule has 1 heterocycles. The van der Waals surface area contributed by atoms with Gasteiger partial charge in [-0.2, -0.15) is 13.2 Å². The van der Waals surface area contributed by atoms with E-state index in [2.05, 4.69) is 20.9 Å². The van der Waals surface area contributed by atoms with E-state index in [4.69, 9.17) is 0 Å². The summed E-state index contributed by atoms with van der Waals surface area (Å²) in [4.78, 5) is 22.8. The van der Waals surface area contributed by atoms with E-state index in [0.29, 0.717) is 0 Å². The highest BCUT2D eigenvalue weighted by atomic mass is 19.4. The minimum absolute atomic E-state index is 0.157. The highest BCUT2D eigenvalue weighted by Crippen LogP contribution is 2.26. The van der Waals surface area contributed by atoms with Gasteiger partial charge in [0.2, 0.25) is 5.91 Å². The lowest BCUT2D eigenvalue weighted by Gasteiger charge is -2.13. The standard InChI is InChI=1S/C15H17F5N4O3/c16-8-2-1-3-9(17)13(8)10-6-11(24-23-10)22-12(25)4-5-21-14(26)27-7-15(18,19)20/h1-3,10-11,23-24H,4-7H2,(H,21,26)(H,22,25). The van der Waals surface area contributed by atoms with Crippen LogP contribution >= 0.6 is 0 Å². The van der Waals surface area contributed by atoms with Gasteiger partial charge in [-0.3, -0.25) is 4.79 Å². The van der Waals surface area contributed by atoms with Gasteiger partial charge in [-0.1, -0.05) is 6.07 Å². The molecule has 1 aromatic rings. The molecular weight excluding hydrogens is 379 g/mol. The normalized spacial score (nSPS) is 19.6. The van der Waals surface area contributed by atoms with E-state index >= 15 is 0 Å². The number of halogens is 5. The molecule has 1 fully saturated rings. The van der Waals surface area contributed by atoms with Crippen LogP contribution in [0.2, 0.25) is 0 Å². The highest BCUT2D eigenvalue weighted by molar-refractivity contribution is 5.77. The quantitative estimate of drug-likeness (QED) is 0.549. The number of alkyl carbamates (subject to hydrolysis) is 1. The summed E-state index contributed by atoms with van der Waals surface area (Å²) in [5.41, 5.74) is 5.19. The molecule has 0 aliphatic carbocycles. The van der Waals surface area contributed by atoms with Gasteiger partial charge < -0.3 is 15.4 Å². The number of hydrogen-bond donors (Lipinski definition) is 4. The van der Waals surface area contributed by atoms with E-state index in [9.17, 15) is 31.5 Å². The first-order chi connectivity index (χ1) is 12.7. The molecule has 2 atom stereocenters. The fraction of sp³-hybridized carbons (Fsp3) is 0.467. The maximum absolute atomic E-state index is 13.8. The van der Waals surface area contributed by atoms with Crippen LogP contribution in [0.4, 0.5) is 26.7 Å². The molecule has 0 spiro atoms. The number of nitrogens with one attached hydrogen (secondary N) is 4. The lowest BCUT2D eigenvalue weighted by Crippen LogP contribution is -2.45. The van der Waals surface area contributed by atoms with Crippen LogP contribution in [0.5, 0.6) is 0 Å². The second-order valence-corrected chi connectivity index (χ2v) is 5.70. The summed E-state index contributed by atoms with van der Waals surface area (Å²) in [6.07, 6.45) is -6.62. The van der Waals surface area contributed by atoms with E-state index in [0.717, 1.165) is 12.1 Å². The number of rotatable bonds is 6. The molecule has 0 aromatic heterocycles. The lowest BCUT2D eigenvalue weighted by atomic mass is 10.0. The number of hydrogen-bond acceptors (Lipinski definition) is 5. The Morgan fingerprint density at radius 3 is 2.48 bits per heavy atom. The number of carbonyl (C=O) groups is 2. The van der Waals surface area contributed by atoms with Crippen LogP contribution < -0.4 is 21.5 Å². The second-order valence-electron chi connectivity index (χ2n) is 5.70. The van der Waals surface area contributed by atoms with Crippen molar-refractivity contribution in [1.29, 1.82) is 0 Å². The van der Waals surface area contributed by atoms with Gasteiger partial charge in [0.1, 0.15) is 11.6 Å². The topological polar surface area (TPSA) is 91.5 Å². The van der Waals surface area contributed by atoms with Gasteiger partial charge in [-0.15, -0.1) is 0 Å². The van der Waals surface area contributed by atoms with Crippen molar-refractivity contribution >= 4 is 12.0 Å². The molecule has 1 saturated heterocycles. The molecule has 0 radical (unpaired) electrons. The minimum Gasteiger partial charge on any atom is -0.440 e. The summed E-state index contributed by atoms with van der Waals surface area (Å²) in [7, 11) is 0. The number of carbonyl (C=O) groups excluding carboxylic acids is 2. The second kappa shape index (κ2) is 8.95. The predicted octanol–water partition coefficient (Wildman–Crippen LogP) is 1.62. The Kier molecular flexibility index (Phi) is 6.91. The molecular formula is C15H17F5N4O3. The van der Waals surface area contributed by atoms with Crippen molar-refractivity contribution in [2.75, 3.05) is 13.2 Å². The minimum atomic E-state index is -4.63. The Hall–Kier alpha value is -2.47. The number of alkyl halides is 3. The third kappa shape index (κ3) is 6.64. The van der Waals surface area contributed by atoms with Crippen LogP contribution in [-0.2, 0) is 9.53 Å². The molecule has 0 bridgehead atoms. The van der Waals surface area contributed by atoms with E-state index < -0.39 is 48.6 Å². The van der Waals surface area contributed by atoms with Crippen LogP contribution in [0.25, 0.3) is 0 Å². The van der Waals surface area contributed by atoms with Crippen LogP contribution in [0.3, 0.4) is 0 Å². The zero-order valence-corrected chi connectivity index (χ0v) is 13.8. The molecule has 27 heavy (non-hydrogen) atoms. The summed E-state index contributed by atoms with van der Waals surface area (Å²) < 4.78 is 67.0. The van der Waals surface area contributed by atoms with Crippen molar-refractivity contribution in [3.63, 3.8) is 0 Å². The Morgan fingerprint density at radius 1 is 1.19 bits per heavy atom. The van der Waals surface area contributed by atoms with Crippen molar-refractivity contribution in [2.45, 2.75) is 31.2 Å². The SMILES string of the molecule is O=C(CCNC(=O)OCC(F)(F)F)NC1CC(c2c(F)cccc2F)NN1. The zero-order chi connectivity index (χ0) is 20.0. The van der Waals surface area contributed by atoms with Crippen LogP contribution in [-0.4, -0.2) is 37.5 Å². The molecule has 2 rings (SSSR count). The van der Waals surface area contributed by atoms with Gasteiger partial charge in [0, 0.05) is 24.9 Å². The fourth-order valence-corrected chi connectivity index (χ4v) is 2.43. The Morgan fingerprint density at radius 2 is 1.85 bits per heavy atom. The predicted molar refractivity (Wildman–Crippen MR) is 81.9 cm³/mol. The van der Waals surface area contributed by atoms with E-state index in [1.807, 2.05) is 5.32 Å². The van der Waals surface area contributed by atoms with Gasteiger partial charge in [0.15, 0.2) is 6.61 Å². The van der Waals surface area contributed by atoms with Gasteiger partial charge in [-0.25, -0.2) is 24.4 Å². The summed E-state index contributed by atoms with van der Waals surface area (Å²) in [6, 6.07) is 2.78. The first kappa shape index (κ1) is 20.8. The number of amides is 2. The summed E-state index contributed by atoms with van der Waals surface area (Å²) >= 11 is 0. The van der Waals surface area contributed by atoms with Crippen LogP contribution in [0.15, 0.2) is 18.2 Å². The maximum Gasteiger partial charge on any atom is 0.422 e. The van der Waals surface area contributed by atoms with Crippen LogP contribution in [0.1, 0.15) is 24.4 Å².